The Kier molecular flexibility index (Phi) is 5.64. The molecule has 0 bridgehead atoms. The molecule has 4 rings (SSSR count). The third kappa shape index (κ3) is 4.30. The van der Waals surface area contributed by atoms with E-state index in [2.05, 4.69) is 0 Å². The highest BCUT2D eigenvalue weighted by Crippen LogP contribution is 2.51. The number of ether oxygens (including phenoxy) is 1. The number of aliphatic carboxylic acids is 1. The van der Waals surface area contributed by atoms with Gasteiger partial charge in [0.05, 0.1) is 11.1 Å². The van der Waals surface area contributed by atoms with Crippen LogP contribution in [-0.4, -0.2) is 41.5 Å². The fourth-order valence-electron chi connectivity index (χ4n) is 4.34. The molecule has 172 valence electrons. The molecule has 0 aliphatic heterocycles. The fraction of sp³-hybridized carbons (Fsp3) is 0.370. The predicted molar refractivity (Wildman–Crippen MR) is 130 cm³/mol. The molecule has 2 unspecified atom stereocenters. The first kappa shape index (κ1) is 22.8. The van der Waals surface area contributed by atoms with Gasteiger partial charge in [0, 0.05) is 25.4 Å². The second kappa shape index (κ2) is 8.18. The molecule has 0 radical (unpaired) electrons. The normalized spacial score (nSPS) is 17.6. The summed E-state index contributed by atoms with van der Waals surface area (Å²) in [5.41, 5.74) is 3.04. The standard InChI is InChI=1S/C27H30N2O4/c1-15-11-18(12-16(2)24(15)33-27(3,4)26(31)32)19-14-20(19)23(30)21-13-17-9-7-8-10-22(17)28-25(21)29(5)6/h7-13,19-20H,14H2,1-6H3,(H,31,32). The minimum absolute atomic E-state index is 0.0901. The smallest absolute Gasteiger partial charge is 0.347 e. The molecule has 0 spiro atoms. The zero-order chi connectivity index (χ0) is 24.1. The van der Waals surface area contributed by atoms with E-state index in [1.165, 1.54) is 13.8 Å². The Hall–Kier alpha value is -3.41. The number of ketones is 1. The zero-order valence-electron chi connectivity index (χ0n) is 20.0. The number of pyridine rings is 1. The number of para-hydroxylation sites is 1. The Morgan fingerprint density at radius 2 is 1.73 bits per heavy atom. The largest absolute Gasteiger partial charge is 0.478 e. The molecule has 1 aromatic heterocycles. The number of aryl methyl sites for hydroxylation is 2. The van der Waals surface area contributed by atoms with Gasteiger partial charge in [0.1, 0.15) is 11.6 Å². The van der Waals surface area contributed by atoms with Crippen LogP contribution in [-0.2, 0) is 4.79 Å². The number of benzene rings is 2. The SMILES string of the molecule is Cc1cc(C2CC2C(=O)c2cc3ccccc3nc2N(C)C)cc(C)c1OC(C)(C)C(=O)O. The van der Waals surface area contributed by atoms with E-state index >= 15 is 0 Å². The van der Waals surface area contributed by atoms with Crippen LogP contribution in [0.3, 0.4) is 0 Å². The van der Waals surface area contributed by atoms with E-state index in [4.69, 9.17) is 9.72 Å². The summed E-state index contributed by atoms with van der Waals surface area (Å²) < 4.78 is 5.83. The lowest BCUT2D eigenvalue weighted by atomic mass is 9.98. The fourth-order valence-corrected chi connectivity index (χ4v) is 4.34. The molecule has 2 atom stereocenters. The van der Waals surface area contributed by atoms with Gasteiger partial charge in [-0.3, -0.25) is 4.79 Å². The van der Waals surface area contributed by atoms with Gasteiger partial charge >= 0.3 is 5.97 Å². The van der Waals surface area contributed by atoms with Crippen molar-refractivity contribution in [2.24, 2.45) is 5.92 Å². The molecule has 1 N–H and O–H groups in total. The molecular formula is C27H30N2O4. The monoisotopic (exact) mass is 446 g/mol. The lowest BCUT2D eigenvalue weighted by molar-refractivity contribution is -0.152. The van der Waals surface area contributed by atoms with Gasteiger partial charge in [-0.2, -0.15) is 0 Å². The minimum atomic E-state index is -1.32. The van der Waals surface area contributed by atoms with Crippen molar-refractivity contribution in [3.8, 4) is 5.75 Å². The number of carbonyl (C=O) groups is 2. The van der Waals surface area contributed by atoms with Crippen LogP contribution in [0.2, 0.25) is 0 Å². The van der Waals surface area contributed by atoms with Crippen molar-refractivity contribution in [2.45, 2.75) is 45.6 Å². The molecule has 1 saturated carbocycles. The van der Waals surface area contributed by atoms with E-state index in [1.54, 1.807) is 0 Å². The summed E-state index contributed by atoms with van der Waals surface area (Å²) in [5.74, 6) is 0.425. The third-order valence-corrected chi connectivity index (χ3v) is 6.30. The maximum absolute atomic E-state index is 13.5. The van der Waals surface area contributed by atoms with Crippen LogP contribution >= 0.6 is 0 Å². The van der Waals surface area contributed by atoms with Crippen molar-refractivity contribution >= 4 is 28.5 Å². The molecule has 3 aromatic rings. The zero-order valence-corrected chi connectivity index (χ0v) is 20.0. The highest BCUT2D eigenvalue weighted by molar-refractivity contribution is 6.06. The Morgan fingerprint density at radius 3 is 2.33 bits per heavy atom. The van der Waals surface area contributed by atoms with E-state index in [9.17, 15) is 14.7 Å². The highest BCUT2D eigenvalue weighted by atomic mass is 16.5. The quantitative estimate of drug-likeness (QED) is 0.506. The van der Waals surface area contributed by atoms with Gasteiger partial charge < -0.3 is 14.7 Å². The number of nitrogens with zero attached hydrogens (tertiary/aromatic N) is 2. The predicted octanol–water partition coefficient (Wildman–Crippen LogP) is 5.15. The molecule has 1 aliphatic carbocycles. The number of carboxylic acid groups (broad SMARTS) is 1. The van der Waals surface area contributed by atoms with Crippen molar-refractivity contribution in [3.05, 3.63) is 64.7 Å². The van der Waals surface area contributed by atoms with Crippen LogP contribution in [0.25, 0.3) is 10.9 Å². The molecule has 6 nitrogen and oxygen atoms in total. The minimum Gasteiger partial charge on any atom is -0.478 e. The molecule has 0 saturated heterocycles. The summed E-state index contributed by atoms with van der Waals surface area (Å²) in [6.45, 7) is 6.91. The lowest BCUT2D eigenvalue weighted by Gasteiger charge is -2.24. The average molecular weight is 447 g/mol. The Balaban J connectivity index is 1.61. The average Bonchev–Trinajstić information content (AvgIpc) is 3.55. The number of rotatable bonds is 7. The second-order valence-corrected chi connectivity index (χ2v) is 9.66. The van der Waals surface area contributed by atoms with Gasteiger partial charge in [0.2, 0.25) is 0 Å². The van der Waals surface area contributed by atoms with Gasteiger partial charge in [-0.1, -0.05) is 30.3 Å². The van der Waals surface area contributed by atoms with Gasteiger partial charge in [0.25, 0.3) is 0 Å². The first-order chi connectivity index (χ1) is 15.5. The van der Waals surface area contributed by atoms with Gasteiger partial charge in [0.15, 0.2) is 11.4 Å². The van der Waals surface area contributed by atoms with E-state index < -0.39 is 11.6 Å². The third-order valence-electron chi connectivity index (χ3n) is 6.30. The number of fused-ring (bicyclic) bond motifs is 1. The van der Waals surface area contributed by atoms with E-state index in [0.717, 1.165) is 34.0 Å². The Labute approximate surface area is 194 Å². The molecule has 2 aromatic carbocycles. The highest BCUT2D eigenvalue weighted by Gasteiger charge is 2.45. The van der Waals surface area contributed by atoms with Crippen molar-refractivity contribution in [3.63, 3.8) is 0 Å². The summed E-state index contributed by atoms with van der Waals surface area (Å²) in [5, 5.41) is 10.4. The van der Waals surface area contributed by atoms with E-state index in [-0.39, 0.29) is 17.6 Å². The maximum atomic E-state index is 13.5. The van der Waals surface area contributed by atoms with Crippen LogP contribution in [0.15, 0.2) is 42.5 Å². The van der Waals surface area contributed by atoms with E-state index in [1.807, 2.05) is 75.3 Å². The number of hydrogen-bond donors (Lipinski definition) is 1. The summed E-state index contributed by atoms with van der Waals surface area (Å²) in [4.78, 5) is 31.6. The first-order valence-corrected chi connectivity index (χ1v) is 11.1. The topological polar surface area (TPSA) is 79.7 Å². The van der Waals surface area contributed by atoms with Crippen LogP contribution in [0, 0.1) is 19.8 Å². The van der Waals surface area contributed by atoms with Crippen molar-refractivity contribution < 1.29 is 19.4 Å². The first-order valence-electron chi connectivity index (χ1n) is 11.1. The molecule has 33 heavy (non-hydrogen) atoms. The number of anilines is 1. The molecule has 1 heterocycles. The number of carbonyl (C=O) groups excluding carboxylic acids is 1. The van der Waals surface area contributed by atoms with Crippen molar-refractivity contribution in [2.75, 3.05) is 19.0 Å². The van der Waals surface area contributed by atoms with E-state index in [0.29, 0.717) is 17.1 Å². The van der Waals surface area contributed by atoms with Gasteiger partial charge in [-0.05, 0) is 68.9 Å². The molecule has 1 fully saturated rings. The van der Waals surface area contributed by atoms with Gasteiger partial charge in [-0.25, -0.2) is 9.78 Å². The van der Waals surface area contributed by atoms with Crippen LogP contribution in [0.1, 0.15) is 53.2 Å². The number of Topliss-reactive ketones (excluding diaryl/α,β-unsaturated/α-hetero) is 1. The molecular weight excluding hydrogens is 416 g/mol. The number of hydrogen-bond acceptors (Lipinski definition) is 5. The number of carboxylic acids is 1. The van der Waals surface area contributed by atoms with Crippen LogP contribution in [0.5, 0.6) is 5.75 Å². The summed E-state index contributed by atoms with van der Waals surface area (Å²) >= 11 is 0. The van der Waals surface area contributed by atoms with Crippen molar-refractivity contribution in [1.82, 2.24) is 4.98 Å². The van der Waals surface area contributed by atoms with Crippen molar-refractivity contribution in [1.29, 1.82) is 0 Å². The van der Waals surface area contributed by atoms with Crippen LogP contribution < -0.4 is 9.64 Å². The summed E-state index contributed by atoms with van der Waals surface area (Å²) in [7, 11) is 3.81. The maximum Gasteiger partial charge on any atom is 0.347 e. The molecule has 6 heteroatoms. The molecule has 1 aliphatic rings. The lowest BCUT2D eigenvalue weighted by Crippen LogP contribution is -2.38. The van der Waals surface area contributed by atoms with Gasteiger partial charge in [-0.15, -0.1) is 0 Å². The summed E-state index contributed by atoms with van der Waals surface area (Å²) in [6, 6.07) is 13.8. The second-order valence-electron chi connectivity index (χ2n) is 9.66. The number of aromatic nitrogens is 1. The summed E-state index contributed by atoms with van der Waals surface area (Å²) in [6.07, 6.45) is 0.790. The Morgan fingerprint density at radius 1 is 1.09 bits per heavy atom. The van der Waals surface area contributed by atoms with Crippen LogP contribution in [0.4, 0.5) is 5.82 Å². The Bertz CT molecular complexity index is 1240. The molecule has 0 amide bonds.